The van der Waals surface area contributed by atoms with Crippen LogP contribution in [0.5, 0.6) is 0 Å². The molecular weight excluding hydrogens is 610 g/mol. The lowest BCUT2D eigenvalue weighted by Crippen LogP contribution is -2.57. The Kier molecular flexibility index (Phi) is 11.9. The first-order valence-electron chi connectivity index (χ1n) is 16.9. The molecule has 4 atom stereocenters. The summed E-state index contributed by atoms with van der Waals surface area (Å²) in [4.78, 5) is 76.9. The molecule has 0 spiro atoms. The first kappa shape index (κ1) is 36.3. The van der Waals surface area contributed by atoms with E-state index in [4.69, 9.17) is 13.3 Å². The van der Waals surface area contributed by atoms with E-state index in [2.05, 4.69) is 0 Å². The normalized spacial score (nSPS) is 25.5. The summed E-state index contributed by atoms with van der Waals surface area (Å²) in [6.45, 7) is 7.98. The monoisotopic (exact) mass is 665 g/mol. The van der Waals surface area contributed by atoms with Gasteiger partial charge in [-0.25, -0.2) is 0 Å². The first-order chi connectivity index (χ1) is 21.8. The summed E-state index contributed by atoms with van der Waals surface area (Å²) < 4.78 is 16.5. The topological polar surface area (TPSA) is 129 Å². The summed E-state index contributed by atoms with van der Waals surface area (Å²) >= 11 is 0. The number of amides is 5. The lowest BCUT2D eigenvalue weighted by molar-refractivity contribution is -0.154. The zero-order valence-corrected chi connectivity index (χ0v) is 29.9. The van der Waals surface area contributed by atoms with E-state index in [1.165, 1.54) is 0 Å². The Hall–Kier alpha value is -2.55. The summed E-state index contributed by atoms with van der Waals surface area (Å²) in [5, 5.41) is 0. The Bertz CT molecular complexity index is 1140. The molecule has 0 bridgehead atoms. The van der Waals surface area contributed by atoms with Gasteiger partial charge in [0.2, 0.25) is 29.5 Å². The van der Waals surface area contributed by atoms with Crippen molar-refractivity contribution in [2.24, 2.45) is 5.41 Å². The van der Waals surface area contributed by atoms with E-state index < -0.39 is 38.4 Å². The number of hydrogen-bond acceptors (Lipinski definition) is 8. The van der Waals surface area contributed by atoms with Gasteiger partial charge in [-0.15, -0.1) is 0 Å². The fraction of sp³-hybridized carbons (Fsp3) is 0.844. The summed E-state index contributed by atoms with van der Waals surface area (Å²) in [5.41, 5.74) is -0.596. The van der Waals surface area contributed by atoms with Crippen molar-refractivity contribution in [3.05, 3.63) is 0 Å². The fourth-order valence-electron chi connectivity index (χ4n) is 7.59. The minimum absolute atomic E-state index is 0.0501. The molecule has 0 radical (unpaired) electrons. The van der Waals surface area contributed by atoms with Crippen LogP contribution < -0.4 is 0 Å². The van der Waals surface area contributed by atoms with Gasteiger partial charge in [0.1, 0.15) is 24.2 Å². The van der Waals surface area contributed by atoms with E-state index in [0.29, 0.717) is 83.7 Å². The number of carbonyl (C=O) groups excluding carboxylic acids is 5. The standard InChI is InChI=1S/C32H55N5O8Si/c1-32(2,3)31(42)37-21-11-16-26(37)30(41)36-20-10-15-25(36)29(40)35-19-9-14-24(35)28(39)34-18-8-13-23(34)27(38)33(4)17-12-22-46(43-5,44-6)45-7/h23-26H,8-22H2,1-7H3/t23-,24-,25-,26-/m0/s1. The predicted molar refractivity (Wildman–Crippen MR) is 172 cm³/mol. The highest BCUT2D eigenvalue weighted by Crippen LogP contribution is 2.32. The quantitative estimate of drug-likeness (QED) is 0.305. The zero-order valence-electron chi connectivity index (χ0n) is 28.9. The SMILES string of the molecule is CO[Si](CCCN(C)C(=O)[C@@H]1CCCN1C(=O)[C@@H]1CCCN1C(=O)[C@@H]1CCCN1C(=O)[C@@H]1CCCN1C(=O)C(C)(C)C)(OC)OC. The van der Waals surface area contributed by atoms with Crippen LogP contribution in [-0.4, -0.2) is 148 Å². The second-order valence-electron chi connectivity index (χ2n) is 14.1. The molecule has 4 saturated heterocycles. The highest BCUT2D eigenvalue weighted by atomic mass is 28.4. The van der Waals surface area contributed by atoms with Crippen molar-refractivity contribution in [2.45, 2.75) is 109 Å². The number of hydrogen-bond donors (Lipinski definition) is 0. The summed E-state index contributed by atoms with van der Waals surface area (Å²) in [7, 11) is 3.69. The lowest BCUT2D eigenvalue weighted by Gasteiger charge is -2.36. The molecule has 0 saturated carbocycles. The van der Waals surface area contributed by atoms with Crippen LogP contribution in [0, 0.1) is 5.41 Å². The van der Waals surface area contributed by atoms with Gasteiger partial charge in [-0.3, -0.25) is 24.0 Å². The summed E-state index contributed by atoms with van der Waals surface area (Å²) in [6, 6.07) is -1.85. The van der Waals surface area contributed by atoms with Gasteiger partial charge in [-0.2, -0.15) is 0 Å². The highest BCUT2D eigenvalue weighted by molar-refractivity contribution is 6.60. The maximum absolute atomic E-state index is 14.1. The second-order valence-corrected chi connectivity index (χ2v) is 17.2. The maximum Gasteiger partial charge on any atom is 0.500 e. The van der Waals surface area contributed by atoms with Gasteiger partial charge in [0, 0.05) is 72.6 Å². The molecule has 0 N–H and O–H groups in total. The van der Waals surface area contributed by atoms with Crippen molar-refractivity contribution < 1.29 is 37.3 Å². The number of likely N-dealkylation sites (N-methyl/N-ethyl adjacent to an activating group) is 1. The molecule has 14 heteroatoms. The van der Waals surface area contributed by atoms with Gasteiger partial charge >= 0.3 is 8.80 Å². The second kappa shape index (κ2) is 15.1. The van der Waals surface area contributed by atoms with Crippen molar-refractivity contribution in [3.8, 4) is 0 Å². The van der Waals surface area contributed by atoms with Gasteiger partial charge in [-0.05, 0) is 57.8 Å². The molecule has 0 aliphatic carbocycles. The van der Waals surface area contributed by atoms with E-state index >= 15 is 0 Å². The molecular formula is C32H55N5O8Si. The van der Waals surface area contributed by atoms with Gasteiger partial charge in [0.05, 0.1) is 0 Å². The molecule has 0 aromatic rings. The number of carbonyl (C=O) groups is 5. The largest absolute Gasteiger partial charge is 0.500 e. The van der Waals surface area contributed by atoms with Gasteiger partial charge in [0.25, 0.3) is 0 Å². The lowest BCUT2D eigenvalue weighted by atomic mass is 9.94. The van der Waals surface area contributed by atoms with Crippen LogP contribution in [0.4, 0.5) is 0 Å². The minimum atomic E-state index is -2.75. The van der Waals surface area contributed by atoms with Crippen molar-refractivity contribution in [1.29, 1.82) is 0 Å². The molecule has 13 nitrogen and oxygen atoms in total. The van der Waals surface area contributed by atoms with Crippen LogP contribution in [-0.2, 0) is 37.3 Å². The van der Waals surface area contributed by atoms with Crippen molar-refractivity contribution in [2.75, 3.05) is 61.1 Å². The molecule has 260 valence electrons. The smallest absolute Gasteiger partial charge is 0.377 e. The van der Waals surface area contributed by atoms with Gasteiger partial charge < -0.3 is 37.8 Å². The van der Waals surface area contributed by atoms with Crippen LogP contribution in [0.3, 0.4) is 0 Å². The van der Waals surface area contributed by atoms with Gasteiger partial charge in [0.15, 0.2) is 0 Å². The van der Waals surface area contributed by atoms with E-state index in [1.807, 2.05) is 20.8 Å². The van der Waals surface area contributed by atoms with E-state index in [-0.39, 0.29) is 29.5 Å². The number of nitrogens with zero attached hydrogens (tertiary/aromatic N) is 5. The first-order valence-corrected chi connectivity index (χ1v) is 18.9. The van der Waals surface area contributed by atoms with Gasteiger partial charge in [-0.1, -0.05) is 20.8 Å². The molecule has 5 amide bonds. The van der Waals surface area contributed by atoms with Crippen LogP contribution in [0.2, 0.25) is 6.04 Å². The highest BCUT2D eigenvalue weighted by Gasteiger charge is 2.48. The van der Waals surface area contributed by atoms with E-state index in [9.17, 15) is 24.0 Å². The Balaban J connectivity index is 1.40. The predicted octanol–water partition coefficient (Wildman–Crippen LogP) is 1.72. The Labute approximate surface area is 275 Å². The number of likely N-dealkylation sites (tertiary alicyclic amines) is 4. The Morgan fingerprint density at radius 3 is 1.43 bits per heavy atom. The van der Waals surface area contributed by atoms with E-state index in [0.717, 1.165) is 12.8 Å². The van der Waals surface area contributed by atoms with Crippen molar-refractivity contribution in [3.63, 3.8) is 0 Å². The van der Waals surface area contributed by atoms with Crippen LogP contribution >= 0.6 is 0 Å². The average Bonchev–Trinajstić information content (AvgIpc) is 3.87. The molecule has 4 rings (SSSR count). The molecule has 0 aromatic carbocycles. The molecule has 4 aliphatic heterocycles. The third kappa shape index (κ3) is 7.44. The maximum atomic E-state index is 14.1. The van der Waals surface area contributed by atoms with Crippen molar-refractivity contribution in [1.82, 2.24) is 24.5 Å². The average molecular weight is 666 g/mol. The van der Waals surface area contributed by atoms with Crippen LogP contribution in [0.25, 0.3) is 0 Å². The third-order valence-corrected chi connectivity index (χ3v) is 13.0. The Morgan fingerprint density at radius 1 is 0.652 bits per heavy atom. The molecule has 4 fully saturated rings. The summed E-state index contributed by atoms with van der Waals surface area (Å²) in [6.07, 6.45) is 5.75. The zero-order chi connectivity index (χ0) is 33.8. The van der Waals surface area contributed by atoms with E-state index in [1.54, 1.807) is 52.9 Å². The molecule has 4 aliphatic rings. The fourth-order valence-corrected chi connectivity index (χ4v) is 9.29. The van der Waals surface area contributed by atoms with Crippen molar-refractivity contribution >= 4 is 38.3 Å². The van der Waals surface area contributed by atoms with Crippen LogP contribution in [0.1, 0.15) is 78.6 Å². The van der Waals surface area contributed by atoms with Crippen LogP contribution in [0.15, 0.2) is 0 Å². The number of rotatable bonds is 11. The Morgan fingerprint density at radius 2 is 1.02 bits per heavy atom. The molecule has 0 unspecified atom stereocenters. The summed E-state index contributed by atoms with van der Waals surface area (Å²) in [5.74, 6) is -0.712. The minimum Gasteiger partial charge on any atom is -0.377 e. The third-order valence-electron chi connectivity index (χ3n) is 10.2. The molecule has 4 heterocycles. The molecule has 46 heavy (non-hydrogen) atoms. The molecule has 0 aromatic heterocycles.